The van der Waals surface area contributed by atoms with Crippen molar-refractivity contribution in [1.82, 2.24) is 14.7 Å². The monoisotopic (exact) mass is 376 g/mol. The molecule has 0 unspecified atom stereocenters. The van der Waals surface area contributed by atoms with Gasteiger partial charge in [0.05, 0.1) is 11.9 Å². The molecule has 1 fully saturated rings. The third-order valence-electron chi connectivity index (χ3n) is 4.43. The molecule has 122 valence electrons. The zero-order valence-corrected chi connectivity index (χ0v) is 15.1. The molecular formula is C17H21BrN4O. The summed E-state index contributed by atoms with van der Waals surface area (Å²) in [4.78, 5) is 16.7. The van der Waals surface area contributed by atoms with Crippen molar-refractivity contribution in [3.05, 3.63) is 56.4 Å². The van der Waals surface area contributed by atoms with Crippen molar-refractivity contribution in [2.45, 2.75) is 13.5 Å². The molecule has 0 atom stereocenters. The Hall–Kier alpha value is -1.66. The molecular weight excluding hydrogens is 356 g/mol. The van der Waals surface area contributed by atoms with E-state index in [0.29, 0.717) is 4.47 Å². The highest BCUT2D eigenvalue weighted by Crippen LogP contribution is 2.23. The van der Waals surface area contributed by atoms with E-state index in [9.17, 15) is 4.79 Å². The Balaban J connectivity index is 1.66. The van der Waals surface area contributed by atoms with Crippen molar-refractivity contribution in [2.24, 2.45) is 7.05 Å². The summed E-state index contributed by atoms with van der Waals surface area (Å²) in [6.07, 6.45) is 1.77. The van der Waals surface area contributed by atoms with Gasteiger partial charge in [-0.1, -0.05) is 24.3 Å². The van der Waals surface area contributed by atoms with Crippen LogP contribution < -0.4 is 10.5 Å². The molecule has 1 aliphatic rings. The molecule has 6 heteroatoms. The molecule has 1 aliphatic heterocycles. The minimum Gasteiger partial charge on any atom is -0.367 e. The highest BCUT2D eigenvalue weighted by Gasteiger charge is 2.21. The maximum Gasteiger partial charge on any atom is 0.282 e. The quantitative estimate of drug-likeness (QED) is 0.822. The van der Waals surface area contributed by atoms with Crippen LogP contribution in [0.1, 0.15) is 11.1 Å². The van der Waals surface area contributed by atoms with Crippen LogP contribution in [-0.2, 0) is 13.6 Å². The predicted molar refractivity (Wildman–Crippen MR) is 95.8 cm³/mol. The van der Waals surface area contributed by atoms with Gasteiger partial charge in [-0.3, -0.25) is 9.69 Å². The standard InChI is InChI=1S/C17H21BrN4O/c1-13-5-3-4-6-14(13)12-21-7-9-22(10-8-21)15-11-19-20(2)17(23)16(15)18/h3-6,11H,7-10,12H2,1-2H3. The van der Waals surface area contributed by atoms with Gasteiger partial charge >= 0.3 is 0 Å². The van der Waals surface area contributed by atoms with Crippen molar-refractivity contribution in [2.75, 3.05) is 31.1 Å². The highest BCUT2D eigenvalue weighted by molar-refractivity contribution is 9.10. The second-order valence-corrected chi connectivity index (χ2v) is 6.76. The van der Waals surface area contributed by atoms with Crippen LogP contribution >= 0.6 is 15.9 Å². The number of aromatic nitrogens is 2. The zero-order valence-electron chi connectivity index (χ0n) is 13.5. The fourth-order valence-corrected chi connectivity index (χ4v) is 3.51. The van der Waals surface area contributed by atoms with E-state index in [2.05, 4.69) is 62.0 Å². The minimum absolute atomic E-state index is 0.0927. The number of rotatable bonds is 3. The van der Waals surface area contributed by atoms with E-state index in [1.807, 2.05) is 0 Å². The van der Waals surface area contributed by atoms with Crippen molar-refractivity contribution in [3.8, 4) is 0 Å². The molecule has 0 N–H and O–H groups in total. The Labute approximate surface area is 144 Å². The molecule has 1 saturated heterocycles. The zero-order chi connectivity index (χ0) is 16.4. The van der Waals surface area contributed by atoms with Gasteiger partial charge in [-0.25, -0.2) is 4.68 Å². The number of aryl methyl sites for hydroxylation is 2. The van der Waals surface area contributed by atoms with Gasteiger partial charge in [0.1, 0.15) is 4.47 Å². The largest absolute Gasteiger partial charge is 0.367 e. The third-order valence-corrected chi connectivity index (χ3v) is 5.17. The van der Waals surface area contributed by atoms with Crippen LogP contribution in [0, 0.1) is 6.92 Å². The molecule has 23 heavy (non-hydrogen) atoms. The topological polar surface area (TPSA) is 41.4 Å². The fraction of sp³-hybridized carbons (Fsp3) is 0.412. The fourth-order valence-electron chi connectivity index (χ4n) is 2.90. The van der Waals surface area contributed by atoms with Gasteiger partial charge in [-0.05, 0) is 34.0 Å². The van der Waals surface area contributed by atoms with Gasteiger partial charge in [0, 0.05) is 39.8 Å². The number of halogens is 1. The smallest absolute Gasteiger partial charge is 0.282 e. The molecule has 0 spiro atoms. The van der Waals surface area contributed by atoms with E-state index in [-0.39, 0.29) is 5.56 Å². The van der Waals surface area contributed by atoms with E-state index >= 15 is 0 Å². The summed E-state index contributed by atoms with van der Waals surface area (Å²) >= 11 is 3.42. The van der Waals surface area contributed by atoms with Crippen LogP contribution in [-0.4, -0.2) is 40.9 Å². The molecule has 0 radical (unpaired) electrons. The second-order valence-electron chi connectivity index (χ2n) is 5.96. The summed E-state index contributed by atoms with van der Waals surface area (Å²) < 4.78 is 1.95. The van der Waals surface area contributed by atoms with E-state index in [4.69, 9.17) is 0 Å². The first-order valence-electron chi connectivity index (χ1n) is 7.80. The van der Waals surface area contributed by atoms with E-state index < -0.39 is 0 Å². The molecule has 2 heterocycles. The van der Waals surface area contributed by atoms with Gasteiger partial charge in [0.2, 0.25) is 0 Å². The normalized spacial score (nSPS) is 15.9. The first kappa shape index (κ1) is 16.2. The summed E-state index contributed by atoms with van der Waals surface area (Å²) in [5.41, 5.74) is 3.53. The maximum absolute atomic E-state index is 12.0. The van der Waals surface area contributed by atoms with Crippen LogP contribution in [0.15, 0.2) is 39.7 Å². The number of hydrogen-bond acceptors (Lipinski definition) is 4. The number of hydrogen-bond donors (Lipinski definition) is 0. The Morgan fingerprint density at radius 3 is 2.57 bits per heavy atom. The van der Waals surface area contributed by atoms with Gasteiger partial charge in [-0.15, -0.1) is 0 Å². The summed E-state index contributed by atoms with van der Waals surface area (Å²) in [6, 6.07) is 8.54. The van der Waals surface area contributed by atoms with Crippen LogP contribution in [0.25, 0.3) is 0 Å². The van der Waals surface area contributed by atoms with Crippen molar-refractivity contribution < 1.29 is 0 Å². The Morgan fingerprint density at radius 1 is 1.17 bits per heavy atom. The predicted octanol–water partition coefficient (Wildman–Crippen LogP) is 2.17. The van der Waals surface area contributed by atoms with Gasteiger partial charge in [-0.2, -0.15) is 5.10 Å². The van der Waals surface area contributed by atoms with Crippen molar-refractivity contribution >= 4 is 21.6 Å². The van der Waals surface area contributed by atoms with Gasteiger partial charge in [0.15, 0.2) is 0 Å². The van der Waals surface area contributed by atoms with E-state index in [0.717, 1.165) is 38.4 Å². The number of nitrogens with zero attached hydrogens (tertiary/aromatic N) is 4. The van der Waals surface area contributed by atoms with Crippen molar-refractivity contribution in [3.63, 3.8) is 0 Å². The molecule has 1 aromatic carbocycles. The molecule has 5 nitrogen and oxygen atoms in total. The Bertz CT molecular complexity index is 750. The molecule has 0 aliphatic carbocycles. The first-order valence-corrected chi connectivity index (χ1v) is 8.59. The van der Waals surface area contributed by atoms with Crippen molar-refractivity contribution in [1.29, 1.82) is 0 Å². The summed E-state index contributed by atoms with van der Waals surface area (Å²) in [5, 5.41) is 4.13. The lowest BCUT2D eigenvalue weighted by molar-refractivity contribution is 0.249. The Morgan fingerprint density at radius 2 is 1.87 bits per heavy atom. The lowest BCUT2D eigenvalue weighted by Crippen LogP contribution is -2.46. The van der Waals surface area contributed by atoms with Crippen LogP contribution in [0.5, 0.6) is 0 Å². The average Bonchev–Trinajstić information content (AvgIpc) is 2.56. The molecule has 2 aromatic rings. The average molecular weight is 377 g/mol. The molecule has 1 aromatic heterocycles. The highest BCUT2D eigenvalue weighted by atomic mass is 79.9. The lowest BCUT2D eigenvalue weighted by Gasteiger charge is -2.36. The number of anilines is 1. The maximum atomic E-state index is 12.0. The SMILES string of the molecule is Cc1ccccc1CN1CCN(c2cnn(C)c(=O)c2Br)CC1. The minimum atomic E-state index is -0.0927. The molecule has 3 rings (SSSR count). The summed E-state index contributed by atoms with van der Waals surface area (Å²) in [6.45, 7) is 6.91. The van der Waals surface area contributed by atoms with E-state index in [1.165, 1.54) is 15.8 Å². The number of benzene rings is 1. The first-order chi connectivity index (χ1) is 11.1. The molecule has 0 amide bonds. The second kappa shape index (κ2) is 6.84. The summed E-state index contributed by atoms with van der Waals surface area (Å²) in [5.74, 6) is 0. The molecule has 0 saturated carbocycles. The molecule has 0 bridgehead atoms. The van der Waals surface area contributed by atoms with Gasteiger partial charge in [0.25, 0.3) is 5.56 Å². The van der Waals surface area contributed by atoms with Crippen LogP contribution in [0.2, 0.25) is 0 Å². The third kappa shape index (κ3) is 3.48. The summed E-state index contributed by atoms with van der Waals surface area (Å²) in [7, 11) is 1.66. The lowest BCUT2D eigenvalue weighted by atomic mass is 10.1. The number of piperazine rings is 1. The van der Waals surface area contributed by atoms with Gasteiger partial charge < -0.3 is 4.90 Å². The Kier molecular flexibility index (Phi) is 4.82. The van der Waals surface area contributed by atoms with E-state index in [1.54, 1.807) is 13.2 Å². The van der Waals surface area contributed by atoms with Crippen LogP contribution in [0.4, 0.5) is 5.69 Å². The van der Waals surface area contributed by atoms with Crippen LogP contribution in [0.3, 0.4) is 0 Å².